The van der Waals surface area contributed by atoms with Gasteiger partial charge >= 0.3 is 6.09 Å². The molecule has 2 N–H and O–H groups in total. The molecule has 1 fully saturated rings. The number of amides is 1. The summed E-state index contributed by atoms with van der Waals surface area (Å²) in [5, 5.41) is 4.50. The average molecular weight is 442 g/mol. The van der Waals surface area contributed by atoms with Crippen molar-refractivity contribution in [2.45, 2.75) is 25.4 Å². The van der Waals surface area contributed by atoms with Crippen molar-refractivity contribution in [1.29, 1.82) is 0 Å². The highest BCUT2D eigenvalue weighted by Crippen LogP contribution is 2.34. The van der Waals surface area contributed by atoms with Crippen molar-refractivity contribution in [3.63, 3.8) is 0 Å². The van der Waals surface area contributed by atoms with Crippen LogP contribution in [0.2, 0.25) is 0 Å². The Morgan fingerprint density at radius 1 is 0.909 bits per heavy atom. The van der Waals surface area contributed by atoms with Crippen LogP contribution in [-0.2, 0) is 9.68 Å². The molecule has 0 radical (unpaired) electrons. The van der Waals surface area contributed by atoms with Crippen molar-refractivity contribution in [2.24, 2.45) is 0 Å². The Morgan fingerprint density at radius 2 is 1.55 bits per heavy atom. The lowest BCUT2D eigenvalue weighted by molar-refractivity contribution is -0.153. The third kappa shape index (κ3) is 4.92. The number of nitrogens with one attached hydrogen (secondary N) is 2. The predicted octanol–water partition coefficient (Wildman–Crippen LogP) is 5.54. The lowest BCUT2D eigenvalue weighted by Gasteiger charge is -2.35. The maximum Gasteiger partial charge on any atom is 0.430 e. The lowest BCUT2D eigenvalue weighted by atomic mass is 9.91. The number of benzene rings is 3. The minimum atomic E-state index is -0.486. The fourth-order valence-corrected chi connectivity index (χ4v) is 4.19. The lowest BCUT2D eigenvalue weighted by Crippen LogP contribution is -2.45. The molecule has 6 heteroatoms. The first-order valence-electron chi connectivity index (χ1n) is 11.2. The fourth-order valence-electron chi connectivity index (χ4n) is 4.19. The van der Waals surface area contributed by atoms with Gasteiger partial charge < -0.3 is 4.84 Å². The van der Waals surface area contributed by atoms with Crippen molar-refractivity contribution in [1.82, 2.24) is 10.5 Å². The molecule has 0 aromatic heterocycles. The molecule has 1 amide bonds. The molecule has 2 aliphatic rings. The van der Waals surface area contributed by atoms with E-state index in [-0.39, 0.29) is 5.60 Å². The molecule has 3 aromatic rings. The van der Waals surface area contributed by atoms with Crippen LogP contribution in [0.15, 0.2) is 84.9 Å². The number of nitrogens with zero attached hydrogens (tertiary/aromatic N) is 1. The summed E-state index contributed by atoms with van der Waals surface area (Å²) in [7, 11) is 0. The SMILES string of the molecule is Cc1ccc(C2=CC3(CCN(OC(=O)Nc4ccc(-c5ccccc5)cc4)CC3)ON2)cc1. The first kappa shape index (κ1) is 21.2. The van der Waals surface area contributed by atoms with Crippen LogP contribution in [0.25, 0.3) is 16.8 Å². The highest BCUT2D eigenvalue weighted by Gasteiger charge is 2.39. The molecule has 0 bridgehead atoms. The third-order valence-corrected chi connectivity index (χ3v) is 6.15. The van der Waals surface area contributed by atoms with E-state index in [1.54, 1.807) is 5.06 Å². The number of hydroxylamine groups is 3. The quantitative estimate of drug-likeness (QED) is 0.557. The van der Waals surface area contributed by atoms with Gasteiger partial charge in [0.05, 0.1) is 5.70 Å². The zero-order chi connectivity index (χ0) is 22.7. The number of rotatable bonds is 4. The van der Waals surface area contributed by atoms with E-state index in [2.05, 4.69) is 60.2 Å². The number of carbonyl (C=O) groups is 1. The number of hydrogen-bond donors (Lipinski definition) is 2. The molecule has 0 aliphatic carbocycles. The highest BCUT2D eigenvalue weighted by molar-refractivity contribution is 5.85. The van der Waals surface area contributed by atoms with Gasteiger partial charge in [-0.25, -0.2) is 4.79 Å². The molecule has 1 spiro atoms. The smallest absolute Gasteiger partial charge is 0.351 e. The topological polar surface area (TPSA) is 62.8 Å². The summed E-state index contributed by atoms with van der Waals surface area (Å²) in [6, 6.07) is 26.2. The zero-order valence-electron chi connectivity index (χ0n) is 18.6. The van der Waals surface area contributed by atoms with Crippen LogP contribution in [0.1, 0.15) is 24.0 Å². The molecule has 5 rings (SSSR count). The largest absolute Gasteiger partial charge is 0.430 e. The summed E-state index contributed by atoms with van der Waals surface area (Å²) >= 11 is 0. The number of piperidine rings is 1. The monoisotopic (exact) mass is 441 g/mol. The van der Waals surface area contributed by atoms with E-state index in [0.29, 0.717) is 18.8 Å². The third-order valence-electron chi connectivity index (χ3n) is 6.15. The Bertz CT molecular complexity index is 1130. The van der Waals surface area contributed by atoms with Crippen LogP contribution < -0.4 is 10.8 Å². The second kappa shape index (κ2) is 9.10. The minimum Gasteiger partial charge on any atom is -0.351 e. The van der Waals surface area contributed by atoms with E-state index in [1.807, 2.05) is 42.5 Å². The van der Waals surface area contributed by atoms with Gasteiger partial charge in [-0.1, -0.05) is 72.3 Å². The zero-order valence-corrected chi connectivity index (χ0v) is 18.6. The van der Waals surface area contributed by atoms with Gasteiger partial charge in [-0.3, -0.25) is 15.6 Å². The standard InChI is InChI=1S/C27H27N3O3/c1-20-7-9-23(10-8-20)25-19-27(33-29-25)15-17-30(18-16-27)32-26(31)28-24-13-11-22(12-14-24)21-5-3-2-4-6-21/h2-14,19,29H,15-18H2,1H3,(H,28,31). The van der Waals surface area contributed by atoms with Crippen molar-refractivity contribution in [3.8, 4) is 11.1 Å². The van der Waals surface area contributed by atoms with Gasteiger partial charge in [0.2, 0.25) is 0 Å². The molecule has 33 heavy (non-hydrogen) atoms. The summed E-state index contributed by atoms with van der Waals surface area (Å²) in [6.07, 6.45) is 3.13. The molecule has 0 unspecified atom stereocenters. The van der Waals surface area contributed by atoms with E-state index in [0.717, 1.165) is 35.2 Å². The van der Waals surface area contributed by atoms with Crippen LogP contribution >= 0.6 is 0 Å². The predicted molar refractivity (Wildman–Crippen MR) is 129 cm³/mol. The first-order valence-corrected chi connectivity index (χ1v) is 11.2. The number of aryl methyl sites for hydroxylation is 1. The fraction of sp³-hybridized carbons (Fsp3) is 0.222. The van der Waals surface area contributed by atoms with E-state index < -0.39 is 6.09 Å². The Labute approximate surface area is 193 Å². The molecule has 6 nitrogen and oxygen atoms in total. The molecule has 3 aromatic carbocycles. The Kier molecular flexibility index (Phi) is 5.86. The summed E-state index contributed by atoms with van der Waals surface area (Å²) in [6.45, 7) is 3.27. The molecular weight excluding hydrogens is 414 g/mol. The molecule has 2 aliphatic heterocycles. The number of carbonyl (C=O) groups excluding carboxylic acids is 1. The van der Waals surface area contributed by atoms with Gasteiger partial charge in [-0.15, -0.1) is 5.06 Å². The normalized spacial score (nSPS) is 17.3. The minimum absolute atomic E-state index is 0.371. The Balaban J connectivity index is 1.13. The van der Waals surface area contributed by atoms with Gasteiger partial charge in [0.1, 0.15) is 5.60 Å². The average Bonchev–Trinajstić information content (AvgIpc) is 3.26. The van der Waals surface area contributed by atoms with Gasteiger partial charge in [0, 0.05) is 18.8 Å². The molecule has 2 heterocycles. The summed E-state index contributed by atoms with van der Waals surface area (Å²) in [5.41, 5.74) is 8.96. The van der Waals surface area contributed by atoms with Crippen molar-refractivity contribution < 1.29 is 14.5 Å². The van der Waals surface area contributed by atoms with Crippen molar-refractivity contribution in [2.75, 3.05) is 18.4 Å². The molecule has 0 saturated carbocycles. The van der Waals surface area contributed by atoms with Crippen LogP contribution in [0.4, 0.5) is 10.5 Å². The van der Waals surface area contributed by atoms with Gasteiger partial charge in [0.25, 0.3) is 0 Å². The second-order valence-corrected chi connectivity index (χ2v) is 8.57. The maximum absolute atomic E-state index is 12.4. The summed E-state index contributed by atoms with van der Waals surface area (Å²) in [5.74, 6) is 0. The molecule has 168 valence electrons. The molecular formula is C27H27N3O3. The second-order valence-electron chi connectivity index (χ2n) is 8.57. The van der Waals surface area contributed by atoms with E-state index in [9.17, 15) is 4.79 Å². The van der Waals surface area contributed by atoms with Crippen LogP contribution in [0, 0.1) is 6.92 Å². The molecule has 1 saturated heterocycles. The van der Waals surface area contributed by atoms with Crippen LogP contribution in [0.3, 0.4) is 0 Å². The summed E-state index contributed by atoms with van der Waals surface area (Å²) in [4.78, 5) is 23.9. The summed E-state index contributed by atoms with van der Waals surface area (Å²) < 4.78 is 0. The Morgan fingerprint density at radius 3 is 2.24 bits per heavy atom. The number of hydrogen-bond acceptors (Lipinski definition) is 5. The highest BCUT2D eigenvalue weighted by atomic mass is 16.7. The first-order chi connectivity index (χ1) is 16.1. The van der Waals surface area contributed by atoms with Gasteiger partial charge in [-0.2, -0.15) is 0 Å². The molecule has 0 atom stereocenters. The van der Waals surface area contributed by atoms with Crippen LogP contribution in [-0.4, -0.2) is 29.8 Å². The van der Waals surface area contributed by atoms with Crippen molar-refractivity contribution >= 4 is 17.5 Å². The van der Waals surface area contributed by atoms with Gasteiger partial charge in [-0.05, 0) is 54.7 Å². The van der Waals surface area contributed by atoms with E-state index >= 15 is 0 Å². The van der Waals surface area contributed by atoms with E-state index in [1.165, 1.54) is 5.56 Å². The number of anilines is 1. The Hall–Kier alpha value is -3.61. The van der Waals surface area contributed by atoms with E-state index in [4.69, 9.17) is 9.68 Å². The van der Waals surface area contributed by atoms with Crippen LogP contribution in [0.5, 0.6) is 0 Å². The van der Waals surface area contributed by atoms with Gasteiger partial charge in [0.15, 0.2) is 0 Å². The maximum atomic E-state index is 12.4. The van der Waals surface area contributed by atoms with Crippen molar-refractivity contribution in [3.05, 3.63) is 96.1 Å².